The molecule has 4 aromatic carbocycles. The van der Waals surface area contributed by atoms with Gasteiger partial charge in [0, 0.05) is 21.2 Å². The van der Waals surface area contributed by atoms with Crippen LogP contribution < -0.4 is 4.74 Å². The zero-order valence-corrected chi connectivity index (χ0v) is 24.8. The fraction of sp³-hybridized carbons (Fsp3) is 0.182. The number of aryl methyl sites for hydroxylation is 4. The van der Waals surface area contributed by atoms with Crippen LogP contribution in [0.5, 0.6) is 5.75 Å². The van der Waals surface area contributed by atoms with E-state index in [0.717, 1.165) is 32.3 Å². The Hall–Kier alpha value is -3.85. The van der Waals surface area contributed by atoms with Crippen molar-refractivity contribution in [1.29, 1.82) is 0 Å². The van der Waals surface area contributed by atoms with Crippen LogP contribution in [-0.2, 0) is 14.3 Å². The maximum absolute atomic E-state index is 14.0. The average molecular weight is 589 g/mol. The zero-order valence-electron chi connectivity index (χ0n) is 23.2. The summed E-state index contributed by atoms with van der Waals surface area (Å²) in [7, 11) is -3.87. The van der Waals surface area contributed by atoms with Crippen LogP contribution in [0.3, 0.4) is 0 Å². The summed E-state index contributed by atoms with van der Waals surface area (Å²) in [6, 6.07) is 22.6. The molecule has 0 saturated heterocycles. The standard InChI is InChI=1S/C33H29FO5S2/c1-20-5-12-27(13-6-20)41(36,37)39-16-15-38-26-10-8-24(9-11-26)31-28-14-7-21(2)17-29(28)40-33(31)32(35)30-22(3)18-25(34)19-23(30)4/h5-14,17-19H,15-16H2,1-4H3. The van der Waals surface area contributed by atoms with Crippen molar-refractivity contribution in [2.24, 2.45) is 0 Å². The second-order valence-electron chi connectivity index (χ2n) is 10.0. The highest BCUT2D eigenvalue weighted by molar-refractivity contribution is 7.86. The lowest BCUT2D eigenvalue weighted by atomic mass is 9.93. The fourth-order valence-electron chi connectivity index (χ4n) is 4.83. The van der Waals surface area contributed by atoms with Crippen LogP contribution in [0.2, 0.25) is 0 Å². The van der Waals surface area contributed by atoms with Crippen LogP contribution in [0.15, 0.2) is 83.8 Å². The van der Waals surface area contributed by atoms with E-state index in [1.807, 2.05) is 38.1 Å². The molecule has 0 radical (unpaired) electrons. The molecular weight excluding hydrogens is 559 g/mol. The van der Waals surface area contributed by atoms with Gasteiger partial charge in [-0.15, -0.1) is 11.3 Å². The minimum absolute atomic E-state index is 0.0396. The molecular formula is C33H29FO5S2. The van der Waals surface area contributed by atoms with Gasteiger partial charge >= 0.3 is 0 Å². The molecule has 5 nitrogen and oxygen atoms in total. The molecule has 1 heterocycles. The van der Waals surface area contributed by atoms with E-state index >= 15 is 0 Å². The predicted molar refractivity (Wildman–Crippen MR) is 161 cm³/mol. The molecule has 8 heteroatoms. The number of rotatable bonds is 9. The lowest BCUT2D eigenvalue weighted by Gasteiger charge is -2.11. The predicted octanol–water partition coefficient (Wildman–Crippen LogP) is 7.96. The van der Waals surface area contributed by atoms with Gasteiger partial charge in [-0.3, -0.25) is 8.98 Å². The molecule has 41 heavy (non-hydrogen) atoms. The molecule has 5 rings (SSSR count). The molecule has 0 aliphatic rings. The van der Waals surface area contributed by atoms with Crippen molar-refractivity contribution >= 4 is 37.3 Å². The first-order valence-corrected chi connectivity index (χ1v) is 15.3. The summed E-state index contributed by atoms with van der Waals surface area (Å²) < 4.78 is 50.6. The number of fused-ring (bicyclic) bond motifs is 1. The van der Waals surface area contributed by atoms with Crippen LogP contribution in [0.1, 0.15) is 37.5 Å². The van der Waals surface area contributed by atoms with E-state index in [1.54, 1.807) is 38.1 Å². The molecule has 0 aliphatic heterocycles. The van der Waals surface area contributed by atoms with Crippen molar-refractivity contribution in [3.8, 4) is 16.9 Å². The number of hydrogen-bond donors (Lipinski definition) is 0. The van der Waals surface area contributed by atoms with Crippen molar-refractivity contribution in [2.75, 3.05) is 13.2 Å². The summed E-state index contributed by atoms with van der Waals surface area (Å²) in [5, 5.41) is 0.963. The van der Waals surface area contributed by atoms with Crippen molar-refractivity contribution in [3.05, 3.63) is 117 Å². The van der Waals surface area contributed by atoms with Crippen molar-refractivity contribution < 1.29 is 26.5 Å². The van der Waals surface area contributed by atoms with E-state index in [0.29, 0.717) is 27.3 Å². The van der Waals surface area contributed by atoms with Gasteiger partial charge in [-0.25, -0.2) is 4.39 Å². The van der Waals surface area contributed by atoms with Crippen LogP contribution in [0, 0.1) is 33.5 Å². The van der Waals surface area contributed by atoms with Crippen LogP contribution >= 0.6 is 11.3 Å². The molecule has 0 fully saturated rings. The van der Waals surface area contributed by atoms with Gasteiger partial charge in [-0.05, 0) is 92.4 Å². The first kappa shape index (κ1) is 28.7. The zero-order chi connectivity index (χ0) is 29.3. The van der Waals surface area contributed by atoms with E-state index in [1.165, 1.54) is 35.6 Å². The van der Waals surface area contributed by atoms with E-state index in [9.17, 15) is 17.6 Å². The van der Waals surface area contributed by atoms with Crippen molar-refractivity contribution in [1.82, 2.24) is 0 Å². The molecule has 0 bridgehead atoms. The Morgan fingerprint density at radius 3 is 2.10 bits per heavy atom. The number of ketones is 1. The van der Waals surface area contributed by atoms with Crippen LogP contribution in [0.4, 0.5) is 4.39 Å². The SMILES string of the molecule is Cc1ccc(S(=O)(=O)OCCOc2ccc(-c3c(C(=O)c4c(C)cc(F)cc4C)sc4cc(C)ccc34)cc2)cc1. The van der Waals surface area contributed by atoms with E-state index in [4.69, 9.17) is 8.92 Å². The van der Waals surface area contributed by atoms with Gasteiger partial charge in [0.15, 0.2) is 0 Å². The summed E-state index contributed by atoms with van der Waals surface area (Å²) in [6.07, 6.45) is 0. The quantitative estimate of drug-likeness (QED) is 0.0993. The van der Waals surface area contributed by atoms with Gasteiger partial charge in [0.1, 0.15) is 24.8 Å². The molecule has 0 amide bonds. The molecule has 0 atom stereocenters. The first-order valence-electron chi connectivity index (χ1n) is 13.1. The number of hydrogen-bond acceptors (Lipinski definition) is 6. The third-order valence-electron chi connectivity index (χ3n) is 6.82. The molecule has 0 saturated carbocycles. The lowest BCUT2D eigenvalue weighted by Crippen LogP contribution is -2.13. The second kappa shape index (κ2) is 11.6. The lowest BCUT2D eigenvalue weighted by molar-refractivity contribution is 0.104. The van der Waals surface area contributed by atoms with Crippen LogP contribution in [-0.4, -0.2) is 27.4 Å². The van der Waals surface area contributed by atoms with Gasteiger partial charge in [0.25, 0.3) is 10.1 Å². The summed E-state index contributed by atoms with van der Waals surface area (Å²) in [5.41, 5.74) is 5.41. The van der Waals surface area contributed by atoms with E-state index in [2.05, 4.69) is 6.07 Å². The van der Waals surface area contributed by atoms with Gasteiger partial charge in [0.2, 0.25) is 5.78 Å². The highest BCUT2D eigenvalue weighted by Crippen LogP contribution is 2.41. The summed E-state index contributed by atoms with van der Waals surface area (Å²) >= 11 is 1.43. The second-order valence-corrected chi connectivity index (χ2v) is 12.7. The summed E-state index contributed by atoms with van der Waals surface area (Å²) in [5.74, 6) is 0.0390. The van der Waals surface area contributed by atoms with E-state index < -0.39 is 10.1 Å². The highest BCUT2D eigenvalue weighted by Gasteiger charge is 2.24. The van der Waals surface area contributed by atoms with Gasteiger partial charge in [0.05, 0.1) is 9.77 Å². The molecule has 5 aromatic rings. The normalized spacial score (nSPS) is 11.6. The Bertz CT molecular complexity index is 1830. The molecule has 210 valence electrons. The number of ether oxygens (including phenoxy) is 1. The number of carbonyl (C=O) groups excluding carboxylic acids is 1. The fourth-order valence-corrected chi connectivity index (χ4v) is 6.99. The van der Waals surface area contributed by atoms with Crippen molar-refractivity contribution in [2.45, 2.75) is 32.6 Å². The molecule has 0 N–H and O–H groups in total. The third kappa shape index (κ3) is 6.10. The molecule has 0 unspecified atom stereocenters. The number of carbonyl (C=O) groups is 1. The largest absolute Gasteiger partial charge is 0.491 e. The monoisotopic (exact) mass is 588 g/mol. The Kier molecular flexibility index (Phi) is 8.09. The maximum Gasteiger partial charge on any atom is 0.297 e. The summed E-state index contributed by atoms with van der Waals surface area (Å²) in [6.45, 7) is 7.30. The van der Waals surface area contributed by atoms with Crippen LogP contribution in [0.25, 0.3) is 21.2 Å². The highest BCUT2D eigenvalue weighted by atomic mass is 32.2. The van der Waals surface area contributed by atoms with Gasteiger partial charge in [-0.2, -0.15) is 8.42 Å². The number of benzene rings is 4. The third-order valence-corrected chi connectivity index (χ3v) is 9.30. The van der Waals surface area contributed by atoms with Crippen molar-refractivity contribution in [3.63, 3.8) is 0 Å². The minimum atomic E-state index is -3.87. The average Bonchev–Trinajstić information content (AvgIpc) is 3.29. The smallest absolute Gasteiger partial charge is 0.297 e. The Morgan fingerprint density at radius 1 is 0.805 bits per heavy atom. The Labute approximate surface area is 243 Å². The number of thiophene rings is 1. The van der Waals surface area contributed by atoms with Gasteiger partial charge < -0.3 is 4.74 Å². The maximum atomic E-state index is 14.0. The Morgan fingerprint density at radius 2 is 1.44 bits per heavy atom. The number of halogens is 1. The first-order chi connectivity index (χ1) is 19.5. The Balaban J connectivity index is 1.38. The topological polar surface area (TPSA) is 69.7 Å². The summed E-state index contributed by atoms with van der Waals surface area (Å²) in [4.78, 5) is 14.6. The molecule has 0 aliphatic carbocycles. The molecule has 0 spiro atoms. The van der Waals surface area contributed by atoms with Gasteiger partial charge in [-0.1, -0.05) is 42.0 Å². The van der Waals surface area contributed by atoms with E-state index in [-0.39, 0.29) is 29.7 Å². The minimum Gasteiger partial charge on any atom is -0.491 e. The molecule has 1 aromatic heterocycles.